The molecule has 19 heavy (non-hydrogen) atoms. The van der Waals surface area contributed by atoms with Gasteiger partial charge in [0.2, 0.25) is 5.95 Å². The van der Waals surface area contributed by atoms with Gasteiger partial charge in [-0.2, -0.15) is 0 Å². The first-order valence-electron chi connectivity index (χ1n) is 6.96. The zero-order valence-electron chi connectivity index (χ0n) is 11.5. The topological polar surface area (TPSA) is 43.8 Å². The van der Waals surface area contributed by atoms with Crippen LogP contribution in [0.4, 0.5) is 10.3 Å². The molecule has 3 rings (SSSR count). The van der Waals surface area contributed by atoms with E-state index < -0.39 is 0 Å². The van der Waals surface area contributed by atoms with Crippen molar-refractivity contribution in [2.45, 2.75) is 46.1 Å². The molecule has 1 saturated carbocycles. The smallest absolute Gasteiger partial charge is 0.201 e. The standard InChI is InChI=1S/C15H20FN3/c1-3-15(5-4-6-15)9-19-13-7-10(2)11(16)8-12(13)18-14(19)17/h7-8H,3-6,9H2,1-2H3,(H2,17,18). The van der Waals surface area contributed by atoms with E-state index in [0.29, 0.717) is 22.4 Å². The van der Waals surface area contributed by atoms with Crippen molar-refractivity contribution < 1.29 is 4.39 Å². The fourth-order valence-corrected chi connectivity index (χ4v) is 3.07. The first-order valence-corrected chi connectivity index (χ1v) is 6.96. The van der Waals surface area contributed by atoms with Crippen molar-refractivity contribution in [3.63, 3.8) is 0 Å². The highest BCUT2D eigenvalue weighted by Gasteiger charge is 2.36. The predicted molar refractivity (Wildman–Crippen MR) is 75.4 cm³/mol. The molecule has 0 bridgehead atoms. The number of anilines is 1. The van der Waals surface area contributed by atoms with Crippen molar-refractivity contribution in [3.05, 3.63) is 23.5 Å². The van der Waals surface area contributed by atoms with E-state index in [2.05, 4.69) is 16.5 Å². The van der Waals surface area contributed by atoms with Crippen LogP contribution in [0.3, 0.4) is 0 Å². The lowest BCUT2D eigenvalue weighted by molar-refractivity contribution is 0.103. The second-order valence-electron chi connectivity index (χ2n) is 5.85. The van der Waals surface area contributed by atoms with Gasteiger partial charge in [0, 0.05) is 12.6 Å². The van der Waals surface area contributed by atoms with Crippen LogP contribution < -0.4 is 5.73 Å². The molecular formula is C15H20FN3. The lowest BCUT2D eigenvalue weighted by Crippen LogP contribution is -2.33. The van der Waals surface area contributed by atoms with Crippen LogP contribution >= 0.6 is 0 Å². The molecule has 2 N–H and O–H groups in total. The van der Waals surface area contributed by atoms with Gasteiger partial charge < -0.3 is 10.3 Å². The third-order valence-electron chi connectivity index (χ3n) is 4.72. The molecule has 4 heteroatoms. The molecule has 0 spiro atoms. The van der Waals surface area contributed by atoms with Gasteiger partial charge in [-0.3, -0.25) is 0 Å². The van der Waals surface area contributed by atoms with E-state index in [1.807, 2.05) is 6.07 Å². The van der Waals surface area contributed by atoms with Crippen LogP contribution in [-0.4, -0.2) is 9.55 Å². The van der Waals surface area contributed by atoms with Crippen molar-refractivity contribution in [3.8, 4) is 0 Å². The Kier molecular flexibility index (Phi) is 2.77. The molecule has 1 heterocycles. The number of fused-ring (bicyclic) bond motifs is 1. The van der Waals surface area contributed by atoms with Crippen molar-refractivity contribution in [1.82, 2.24) is 9.55 Å². The average Bonchev–Trinajstić information content (AvgIpc) is 2.61. The van der Waals surface area contributed by atoms with Crippen molar-refractivity contribution in [1.29, 1.82) is 0 Å². The summed E-state index contributed by atoms with van der Waals surface area (Å²) in [6.07, 6.45) is 4.96. The number of nitrogen functional groups attached to an aromatic ring is 1. The summed E-state index contributed by atoms with van der Waals surface area (Å²) in [7, 11) is 0. The Morgan fingerprint density at radius 1 is 1.42 bits per heavy atom. The number of aryl methyl sites for hydroxylation is 1. The number of imidazole rings is 1. The minimum absolute atomic E-state index is 0.217. The molecule has 0 radical (unpaired) electrons. The van der Waals surface area contributed by atoms with Crippen LogP contribution in [0.25, 0.3) is 11.0 Å². The van der Waals surface area contributed by atoms with E-state index in [1.165, 1.54) is 25.3 Å². The summed E-state index contributed by atoms with van der Waals surface area (Å²) >= 11 is 0. The zero-order valence-corrected chi connectivity index (χ0v) is 11.5. The Bertz CT molecular complexity index is 620. The van der Waals surface area contributed by atoms with E-state index in [9.17, 15) is 4.39 Å². The molecule has 1 aromatic carbocycles. The summed E-state index contributed by atoms with van der Waals surface area (Å²) < 4.78 is 15.6. The normalized spacial score (nSPS) is 17.6. The minimum Gasteiger partial charge on any atom is -0.369 e. The van der Waals surface area contributed by atoms with E-state index in [0.717, 1.165) is 18.5 Å². The molecule has 1 fully saturated rings. The Hall–Kier alpha value is -1.58. The maximum absolute atomic E-state index is 13.6. The molecule has 0 aliphatic heterocycles. The van der Waals surface area contributed by atoms with Gasteiger partial charge in [0.25, 0.3) is 0 Å². The van der Waals surface area contributed by atoms with Gasteiger partial charge in [0.1, 0.15) is 5.82 Å². The van der Waals surface area contributed by atoms with Crippen molar-refractivity contribution in [2.24, 2.45) is 5.41 Å². The summed E-state index contributed by atoms with van der Waals surface area (Å²) in [5.74, 6) is 0.283. The lowest BCUT2D eigenvalue weighted by atomic mass is 9.67. The maximum Gasteiger partial charge on any atom is 0.201 e. The van der Waals surface area contributed by atoms with E-state index in [-0.39, 0.29) is 5.82 Å². The Labute approximate surface area is 112 Å². The van der Waals surface area contributed by atoms with Crippen LogP contribution in [0, 0.1) is 18.2 Å². The highest BCUT2D eigenvalue weighted by atomic mass is 19.1. The van der Waals surface area contributed by atoms with Gasteiger partial charge in [-0.15, -0.1) is 0 Å². The van der Waals surface area contributed by atoms with Gasteiger partial charge in [-0.1, -0.05) is 13.3 Å². The number of nitrogens with two attached hydrogens (primary N) is 1. The first-order chi connectivity index (χ1) is 9.04. The number of rotatable bonds is 3. The summed E-state index contributed by atoms with van der Waals surface area (Å²) in [5.41, 5.74) is 8.65. The summed E-state index contributed by atoms with van der Waals surface area (Å²) in [6, 6.07) is 3.34. The number of hydrogen-bond acceptors (Lipinski definition) is 2. The van der Waals surface area contributed by atoms with Gasteiger partial charge in [-0.25, -0.2) is 9.37 Å². The number of nitrogens with zero attached hydrogens (tertiary/aromatic N) is 2. The van der Waals surface area contributed by atoms with Crippen LogP contribution in [0.15, 0.2) is 12.1 Å². The molecule has 3 nitrogen and oxygen atoms in total. The Morgan fingerprint density at radius 2 is 2.16 bits per heavy atom. The second kappa shape index (κ2) is 4.22. The molecule has 102 valence electrons. The van der Waals surface area contributed by atoms with Crippen molar-refractivity contribution in [2.75, 3.05) is 5.73 Å². The number of benzene rings is 1. The quantitative estimate of drug-likeness (QED) is 0.916. The van der Waals surface area contributed by atoms with Crippen LogP contribution in [0.2, 0.25) is 0 Å². The third-order valence-corrected chi connectivity index (χ3v) is 4.72. The lowest BCUT2D eigenvalue weighted by Gasteiger charge is -2.41. The fourth-order valence-electron chi connectivity index (χ4n) is 3.07. The molecule has 0 unspecified atom stereocenters. The minimum atomic E-state index is -0.217. The third kappa shape index (κ3) is 1.90. The fraction of sp³-hybridized carbons (Fsp3) is 0.533. The van der Waals surface area contributed by atoms with Gasteiger partial charge >= 0.3 is 0 Å². The largest absolute Gasteiger partial charge is 0.369 e. The van der Waals surface area contributed by atoms with E-state index in [1.54, 1.807) is 6.92 Å². The second-order valence-corrected chi connectivity index (χ2v) is 5.85. The predicted octanol–water partition coefficient (Wildman–Crippen LogP) is 3.65. The monoisotopic (exact) mass is 261 g/mol. The summed E-state index contributed by atoms with van der Waals surface area (Å²) in [4.78, 5) is 4.29. The number of aromatic nitrogens is 2. The highest BCUT2D eigenvalue weighted by Crippen LogP contribution is 2.46. The van der Waals surface area contributed by atoms with Gasteiger partial charge in [-0.05, 0) is 43.2 Å². The molecule has 1 aromatic heterocycles. The molecule has 2 aromatic rings. The summed E-state index contributed by atoms with van der Waals surface area (Å²) in [6.45, 7) is 4.91. The first kappa shape index (κ1) is 12.5. The van der Waals surface area contributed by atoms with Crippen LogP contribution in [0.1, 0.15) is 38.2 Å². The van der Waals surface area contributed by atoms with Crippen LogP contribution in [-0.2, 0) is 6.54 Å². The van der Waals surface area contributed by atoms with E-state index >= 15 is 0 Å². The van der Waals surface area contributed by atoms with Crippen molar-refractivity contribution >= 4 is 17.0 Å². The molecular weight excluding hydrogens is 241 g/mol. The maximum atomic E-state index is 13.6. The number of hydrogen-bond donors (Lipinski definition) is 1. The average molecular weight is 261 g/mol. The number of halogens is 1. The molecule has 1 aliphatic carbocycles. The van der Waals surface area contributed by atoms with E-state index in [4.69, 9.17) is 5.73 Å². The summed E-state index contributed by atoms with van der Waals surface area (Å²) in [5, 5.41) is 0. The van der Waals surface area contributed by atoms with Crippen LogP contribution in [0.5, 0.6) is 0 Å². The molecule has 1 aliphatic rings. The SMILES string of the molecule is CCC1(Cn2c(N)nc3cc(F)c(C)cc32)CCC1. The highest BCUT2D eigenvalue weighted by molar-refractivity contribution is 5.79. The molecule has 0 atom stereocenters. The van der Waals surface area contributed by atoms with Gasteiger partial charge in [0.05, 0.1) is 11.0 Å². The van der Waals surface area contributed by atoms with Gasteiger partial charge in [0.15, 0.2) is 0 Å². The Morgan fingerprint density at radius 3 is 2.74 bits per heavy atom. The molecule has 0 amide bonds. The Balaban J connectivity index is 2.07. The molecule has 0 saturated heterocycles. The zero-order chi connectivity index (χ0) is 13.6.